The summed E-state index contributed by atoms with van der Waals surface area (Å²) in [6.45, 7) is 3.65. The maximum atomic E-state index is 11.1. The third kappa shape index (κ3) is 5.77. The van der Waals surface area contributed by atoms with Crippen molar-refractivity contribution in [3.63, 3.8) is 0 Å². The number of hydrogen-bond donors (Lipinski definition) is 1. The van der Waals surface area contributed by atoms with Gasteiger partial charge in [0.1, 0.15) is 29.9 Å². The number of aromatic nitrogens is 1. The van der Waals surface area contributed by atoms with Gasteiger partial charge in [0.05, 0.1) is 0 Å². The minimum Gasteiger partial charge on any atom is -0.490 e. The molecular weight excluding hydrogens is 404 g/mol. The minimum absolute atomic E-state index is 0.0344. The number of amides is 1. The number of thioether (sulfide) groups is 1. The minimum atomic E-state index is -0.927. The van der Waals surface area contributed by atoms with Gasteiger partial charge in [0.25, 0.3) is 0 Å². The Morgan fingerprint density at radius 3 is 2.57 bits per heavy atom. The van der Waals surface area contributed by atoms with Crippen LogP contribution >= 0.6 is 11.8 Å². The van der Waals surface area contributed by atoms with E-state index in [1.165, 1.54) is 0 Å². The maximum absolute atomic E-state index is 11.1. The van der Waals surface area contributed by atoms with Crippen molar-refractivity contribution in [1.29, 1.82) is 0 Å². The number of aliphatic hydroxyl groups excluding tert-OH is 1. The van der Waals surface area contributed by atoms with Crippen LogP contribution in [0.2, 0.25) is 0 Å². The number of carbonyl (C=O) groups is 1. The highest BCUT2D eigenvalue weighted by Crippen LogP contribution is 2.26. The van der Waals surface area contributed by atoms with E-state index in [9.17, 15) is 14.8 Å². The average molecular weight is 426 g/mol. The SMILES string of the molecule is Cc1oc(-c2ccccc2)nc1C(O)COc1ccc(CC(C)SC(=O)N=O)cc1. The normalized spacial score (nSPS) is 12.9. The van der Waals surface area contributed by atoms with Crippen molar-refractivity contribution in [2.45, 2.75) is 31.6 Å². The second-order valence-electron chi connectivity index (χ2n) is 6.79. The molecule has 156 valence electrons. The van der Waals surface area contributed by atoms with Crippen molar-refractivity contribution in [3.8, 4) is 17.2 Å². The van der Waals surface area contributed by atoms with Crippen LogP contribution in [0, 0.1) is 11.8 Å². The summed E-state index contributed by atoms with van der Waals surface area (Å²) >= 11 is 0.914. The molecule has 1 amide bonds. The van der Waals surface area contributed by atoms with Crippen LogP contribution in [0.25, 0.3) is 11.5 Å². The van der Waals surface area contributed by atoms with E-state index in [0.29, 0.717) is 29.5 Å². The average Bonchev–Trinajstić information content (AvgIpc) is 3.15. The molecule has 0 aliphatic carbocycles. The van der Waals surface area contributed by atoms with Gasteiger partial charge in [-0.15, -0.1) is 4.91 Å². The number of nitroso groups, excluding NO2 is 1. The first-order valence-electron chi connectivity index (χ1n) is 9.42. The van der Waals surface area contributed by atoms with E-state index in [1.54, 1.807) is 19.1 Å². The van der Waals surface area contributed by atoms with Crippen LogP contribution in [0.5, 0.6) is 5.75 Å². The fourth-order valence-electron chi connectivity index (χ4n) is 2.96. The van der Waals surface area contributed by atoms with Gasteiger partial charge in [-0.05, 0) is 43.2 Å². The fraction of sp³-hybridized carbons (Fsp3) is 0.273. The standard InChI is InChI=1S/C22H22N2O5S/c1-14(30-22(26)24-27)12-16-8-10-18(11-9-16)28-13-19(25)20-15(2)29-21(23-20)17-6-4-3-5-7-17/h3-11,14,19,25H,12-13H2,1-2H3. The Labute approximate surface area is 178 Å². The Hall–Kier alpha value is -2.97. The van der Waals surface area contributed by atoms with Crippen molar-refractivity contribution < 1.29 is 19.1 Å². The predicted octanol–water partition coefficient (Wildman–Crippen LogP) is 5.31. The first kappa shape index (κ1) is 21.7. The summed E-state index contributed by atoms with van der Waals surface area (Å²) in [5.41, 5.74) is 2.29. The van der Waals surface area contributed by atoms with Crippen LogP contribution in [-0.4, -0.2) is 27.2 Å². The third-order valence-electron chi connectivity index (χ3n) is 4.40. The second-order valence-corrected chi connectivity index (χ2v) is 8.18. The van der Waals surface area contributed by atoms with Crippen LogP contribution in [0.3, 0.4) is 0 Å². The van der Waals surface area contributed by atoms with Gasteiger partial charge < -0.3 is 14.3 Å². The van der Waals surface area contributed by atoms with Crippen LogP contribution in [0.4, 0.5) is 4.79 Å². The quantitative estimate of drug-likeness (QED) is 0.487. The molecule has 0 fully saturated rings. The lowest BCUT2D eigenvalue weighted by molar-refractivity contribution is 0.104. The van der Waals surface area contributed by atoms with E-state index in [0.717, 1.165) is 22.9 Å². The van der Waals surface area contributed by atoms with E-state index in [2.05, 4.69) is 10.2 Å². The highest BCUT2D eigenvalue weighted by molar-refractivity contribution is 8.14. The highest BCUT2D eigenvalue weighted by Gasteiger charge is 2.19. The van der Waals surface area contributed by atoms with E-state index in [-0.39, 0.29) is 11.9 Å². The summed E-state index contributed by atoms with van der Waals surface area (Å²) in [5, 5.41) is 12.1. The molecule has 1 heterocycles. The fourth-order valence-corrected chi connectivity index (χ4v) is 3.63. The van der Waals surface area contributed by atoms with E-state index in [4.69, 9.17) is 9.15 Å². The lowest BCUT2D eigenvalue weighted by atomic mass is 10.1. The summed E-state index contributed by atoms with van der Waals surface area (Å²) in [4.78, 5) is 25.7. The van der Waals surface area contributed by atoms with Crippen LogP contribution in [0.15, 0.2) is 64.2 Å². The molecule has 0 bridgehead atoms. The summed E-state index contributed by atoms with van der Waals surface area (Å²) in [6, 6.07) is 16.8. The van der Waals surface area contributed by atoms with E-state index >= 15 is 0 Å². The molecule has 30 heavy (non-hydrogen) atoms. The van der Waals surface area contributed by atoms with Crippen molar-refractivity contribution in [1.82, 2.24) is 4.98 Å². The van der Waals surface area contributed by atoms with Crippen LogP contribution in [0.1, 0.15) is 30.0 Å². The van der Waals surface area contributed by atoms with E-state index in [1.807, 2.05) is 49.4 Å². The van der Waals surface area contributed by atoms with Gasteiger partial charge in [0.15, 0.2) is 0 Å². The Morgan fingerprint density at radius 1 is 1.20 bits per heavy atom. The van der Waals surface area contributed by atoms with Crippen molar-refractivity contribution in [2.24, 2.45) is 5.18 Å². The van der Waals surface area contributed by atoms with Gasteiger partial charge in [-0.3, -0.25) is 4.79 Å². The molecule has 0 saturated heterocycles. The zero-order valence-corrected chi connectivity index (χ0v) is 17.5. The Morgan fingerprint density at radius 2 is 1.90 bits per heavy atom. The highest BCUT2D eigenvalue weighted by atomic mass is 32.2. The number of benzene rings is 2. The summed E-state index contributed by atoms with van der Waals surface area (Å²) in [7, 11) is 0. The smallest absolute Gasteiger partial charge is 0.343 e. The van der Waals surface area contributed by atoms with Gasteiger partial charge >= 0.3 is 5.24 Å². The molecule has 1 N–H and O–H groups in total. The number of nitrogens with zero attached hydrogens (tertiary/aromatic N) is 2. The van der Waals surface area contributed by atoms with Crippen LogP contribution in [-0.2, 0) is 6.42 Å². The zero-order chi connectivity index (χ0) is 21.5. The Balaban J connectivity index is 1.56. The topological polar surface area (TPSA) is 102 Å². The molecule has 2 unspecified atom stereocenters. The molecular formula is C22H22N2O5S. The van der Waals surface area contributed by atoms with Crippen molar-refractivity contribution >= 4 is 17.0 Å². The molecule has 0 saturated carbocycles. The molecule has 1 aromatic heterocycles. The summed E-state index contributed by atoms with van der Waals surface area (Å²) < 4.78 is 11.4. The Bertz CT molecular complexity index is 989. The van der Waals surface area contributed by atoms with Crippen molar-refractivity contribution in [2.75, 3.05) is 6.61 Å². The lowest BCUT2D eigenvalue weighted by Crippen LogP contribution is -2.11. The summed E-state index contributed by atoms with van der Waals surface area (Å²) in [6.07, 6.45) is -0.306. The molecule has 3 rings (SSSR count). The number of aliphatic hydroxyl groups is 1. The molecule has 2 atom stereocenters. The molecule has 3 aromatic rings. The van der Waals surface area contributed by atoms with Gasteiger partial charge in [0, 0.05) is 16.0 Å². The maximum Gasteiger partial charge on any atom is 0.343 e. The number of rotatable bonds is 8. The molecule has 2 aromatic carbocycles. The van der Waals surface area contributed by atoms with Gasteiger partial charge in [-0.1, -0.05) is 49.0 Å². The second kappa shape index (κ2) is 10.2. The lowest BCUT2D eigenvalue weighted by Gasteiger charge is -2.12. The first-order valence-corrected chi connectivity index (χ1v) is 10.3. The molecule has 7 nitrogen and oxygen atoms in total. The van der Waals surface area contributed by atoms with E-state index < -0.39 is 11.3 Å². The monoisotopic (exact) mass is 426 g/mol. The number of hydrogen-bond acceptors (Lipinski definition) is 7. The van der Waals surface area contributed by atoms with Crippen molar-refractivity contribution in [3.05, 3.63) is 76.5 Å². The number of ether oxygens (including phenoxy) is 1. The summed E-state index contributed by atoms with van der Waals surface area (Å²) in [5.74, 6) is 1.61. The number of aryl methyl sites for hydroxylation is 1. The Kier molecular flexibility index (Phi) is 7.37. The molecule has 0 spiro atoms. The zero-order valence-electron chi connectivity index (χ0n) is 16.6. The van der Waals surface area contributed by atoms with Gasteiger partial charge in [-0.2, -0.15) is 0 Å². The molecule has 8 heteroatoms. The first-order chi connectivity index (χ1) is 14.5. The predicted molar refractivity (Wildman–Crippen MR) is 116 cm³/mol. The third-order valence-corrected chi connectivity index (χ3v) is 5.24. The molecule has 0 radical (unpaired) electrons. The van der Waals surface area contributed by atoms with Gasteiger partial charge in [-0.25, -0.2) is 4.98 Å². The number of oxazole rings is 1. The molecule has 0 aliphatic heterocycles. The largest absolute Gasteiger partial charge is 0.490 e. The molecule has 0 aliphatic rings. The van der Waals surface area contributed by atoms with Crippen LogP contribution < -0.4 is 4.74 Å². The van der Waals surface area contributed by atoms with Gasteiger partial charge in [0.2, 0.25) is 5.89 Å². The number of carbonyl (C=O) groups excluding carboxylic acids is 1.